The van der Waals surface area contributed by atoms with Gasteiger partial charge in [0.05, 0.1) is 12.5 Å². The summed E-state index contributed by atoms with van der Waals surface area (Å²) in [7, 11) is 0. The van der Waals surface area contributed by atoms with Crippen LogP contribution in [0.2, 0.25) is 0 Å². The Morgan fingerprint density at radius 2 is 2.50 bits per heavy atom. The first-order valence-corrected chi connectivity index (χ1v) is 4.25. The fourth-order valence-corrected chi connectivity index (χ4v) is 1.80. The Morgan fingerprint density at radius 1 is 1.58 bits per heavy atom. The Balaban J connectivity index is 2.13. The summed E-state index contributed by atoms with van der Waals surface area (Å²) in [5.74, 6) is 0.774. The molecule has 1 aromatic rings. The molecule has 1 saturated heterocycles. The molecular formula is C9H13NO2. The molecule has 12 heavy (non-hydrogen) atoms. The fraction of sp³-hybridized carbons (Fsp3) is 0.556. The van der Waals surface area contributed by atoms with Crippen molar-refractivity contribution in [3.63, 3.8) is 0 Å². The first-order valence-electron chi connectivity index (χ1n) is 4.25. The van der Waals surface area contributed by atoms with Crippen LogP contribution in [0.15, 0.2) is 23.0 Å². The predicted molar refractivity (Wildman–Crippen MR) is 44.9 cm³/mol. The van der Waals surface area contributed by atoms with E-state index >= 15 is 0 Å². The molecule has 1 aromatic heterocycles. The molecule has 1 aliphatic rings. The minimum Gasteiger partial charge on any atom is -0.472 e. The smallest absolute Gasteiger partial charge is 0.0937 e. The molecule has 2 atom stereocenters. The van der Waals surface area contributed by atoms with Gasteiger partial charge in [0.2, 0.25) is 0 Å². The van der Waals surface area contributed by atoms with E-state index in [4.69, 9.17) is 9.52 Å². The highest BCUT2D eigenvalue weighted by Gasteiger charge is 2.28. The van der Waals surface area contributed by atoms with E-state index < -0.39 is 0 Å². The second-order valence-electron chi connectivity index (χ2n) is 3.26. The summed E-state index contributed by atoms with van der Waals surface area (Å²) in [6.07, 6.45) is 3.45. The van der Waals surface area contributed by atoms with Gasteiger partial charge in [-0.15, -0.1) is 0 Å². The van der Waals surface area contributed by atoms with Crippen molar-refractivity contribution >= 4 is 0 Å². The molecule has 0 unspecified atom stereocenters. The monoisotopic (exact) mass is 167 g/mol. The first kappa shape index (κ1) is 7.83. The second-order valence-corrected chi connectivity index (χ2v) is 3.26. The lowest BCUT2D eigenvalue weighted by molar-refractivity contribution is 0.226. The minimum atomic E-state index is 0.253. The van der Waals surface area contributed by atoms with Crippen LogP contribution in [-0.4, -0.2) is 24.8 Å². The molecule has 3 nitrogen and oxygen atoms in total. The van der Waals surface area contributed by atoms with Crippen LogP contribution >= 0.6 is 0 Å². The third-order valence-electron chi connectivity index (χ3n) is 2.55. The van der Waals surface area contributed by atoms with Crippen LogP contribution < -0.4 is 5.32 Å². The highest BCUT2D eigenvalue weighted by molar-refractivity contribution is 5.16. The SMILES string of the molecule is OC[C@H]1CNC[C@@H]1c1ccoc1. The molecule has 3 heteroatoms. The molecule has 0 aromatic carbocycles. The van der Waals surface area contributed by atoms with Gasteiger partial charge < -0.3 is 14.8 Å². The molecule has 0 radical (unpaired) electrons. The molecule has 0 bridgehead atoms. The summed E-state index contributed by atoms with van der Waals surface area (Å²) in [4.78, 5) is 0. The summed E-state index contributed by atoms with van der Waals surface area (Å²) in [6.45, 7) is 2.11. The molecule has 2 N–H and O–H groups in total. The Kier molecular flexibility index (Phi) is 2.15. The lowest BCUT2D eigenvalue weighted by Gasteiger charge is -2.13. The number of furan rings is 1. The average Bonchev–Trinajstić information content (AvgIpc) is 2.74. The second kappa shape index (κ2) is 3.29. The molecule has 0 amide bonds. The number of aliphatic hydroxyl groups is 1. The standard InChI is InChI=1S/C9H13NO2/c11-5-8-3-10-4-9(8)7-1-2-12-6-7/h1-2,6,8-11H,3-5H2/t8-,9-/m1/s1. The fourth-order valence-electron chi connectivity index (χ4n) is 1.80. The summed E-state index contributed by atoms with van der Waals surface area (Å²) in [6, 6.07) is 1.97. The van der Waals surface area contributed by atoms with Gasteiger partial charge in [-0.2, -0.15) is 0 Å². The van der Waals surface area contributed by atoms with E-state index in [0.717, 1.165) is 13.1 Å². The molecule has 1 fully saturated rings. The van der Waals surface area contributed by atoms with Crippen LogP contribution in [0.3, 0.4) is 0 Å². The van der Waals surface area contributed by atoms with Crippen LogP contribution in [-0.2, 0) is 0 Å². The number of hydrogen-bond acceptors (Lipinski definition) is 3. The summed E-state index contributed by atoms with van der Waals surface area (Å²) in [5.41, 5.74) is 1.19. The van der Waals surface area contributed by atoms with Crippen molar-refractivity contribution in [1.29, 1.82) is 0 Å². The summed E-state index contributed by atoms with van der Waals surface area (Å²) in [5, 5.41) is 12.3. The van der Waals surface area contributed by atoms with E-state index in [2.05, 4.69) is 5.32 Å². The zero-order valence-electron chi connectivity index (χ0n) is 6.86. The van der Waals surface area contributed by atoms with Crippen molar-refractivity contribution in [3.8, 4) is 0 Å². The molecular weight excluding hydrogens is 154 g/mol. The van der Waals surface area contributed by atoms with E-state index in [9.17, 15) is 0 Å². The number of nitrogens with one attached hydrogen (secondary N) is 1. The normalized spacial score (nSPS) is 29.4. The van der Waals surface area contributed by atoms with Gasteiger partial charge >= 0.3 is 0 Å². The van der Waals surface area contributed by atoms with Gasteiger partial charge in [0.25, 0.3) is 0 Å². The molecule has 66 valence electrons. The Labute approximate surface area is 71.4 Å². The van der Waals surface area contributed by atoms with E-state index in [1.54, 1.807) is 12.5 Å². The minimum absolute atomic E-state index is 0.253. The van der Waals surface area contributed by atoms with Crippen molar-refractivity contribution in [1.82, 2.24) is 5.32 Å². The van der Waals surface area contributed by atoms with Gasteiger partial charge in [0.15, 0.2) is 0 Å². The van der Waals surface area contributed by atoms with E-state index in [0.29, 0.717) is 11.8 Å². The Bertz CT molecular complexity index is 233. The number of hydrogen-bond donors (Lipinski definition) is 2. The molecule has 0 saturated carbocycles. The highest BCUT2D eigenvalue weighted by Crippen LogP contribution is 2.27. The summed E-state index contributed by atoms with van der Waals surface area (Å²) < 4.78 is 5.01. The number of rotatable bonds is 2. The van der Waals surface area contributed by atoms with Crippen LogP contribution in [0.4, 0.5) is 0 Å². The lowest BCUT2D eigenvalue weighted by atomic mass is 9.91. The largest absolute Gasteiger partial charge is 0.472 e. The Morgan fingerprint density at radius 3 is 3.17 bits per heavy atom. The van der Waals surface area contributed by atoms with E-state index in [1.807, 2.05) is 6.07 Å². The van der Waals surface area contributed by atoms with Crippen molar-refractivity contribution in [2.45, 2.75) is 5.92 Å². The topological polar surface area (TPSA) is 45.4 Å². The van der Waals surface area contributed by atoms with Crippen molar-refractivity contribution in [2.75, 3.05) is 19.7 Å². The maximum absolute atomic E-state index is 9.06. The third kappa shape index (κ3) is 1.26. The molecule has 2 rings (SSSR count). The van der Waals surface area contributed by atoms with Crippen molar-refractivity contribution in [2.24, 2.45) is 5.92 Å². The van der Waals surface area contributed by atoms with Gasteiger partial charge in [0.1, 0.15) is 0 Å². The maximum Gasteiger partial charge on any atom is 0.0937 e. The lowest BCUT2D eigenvalue weighted by Crippen LogP contribution is -2.14. The zero-order valence-corrected chi connectivity index (χ0v) is 6.86. The van der Waals surface area contributed by atoms with Gasteiger partial charge in [-0.05, 0) is 11.6 Å². The predicted octanol–water partition coefficient (Wildman–Crippen LogP) is 0.575. The van der Waals surface area contributed by atoms with Crippen LogP contribution in [0.25, 0.3) is 0 Å². The van der Waals surface area contributed by atoms with Crippen LogP contribution in [0.1, 0.15) is 11.5 Å². The number of aliphatic hydroxyl groups excluding tert-OH is 1. The summed E-state index contributed by atoms with van der Waals surface area (Å²) >= 11 is 0. The van der Waals surface area contributed by atoms with Gasteiger partial charge in [-0.3, -0.25) is 0 Å². The molecule has 0 aliphatic carbocycles. The third-order valence-corrected chi connectivity index (χ3v) is 2.55. The van der Waals surface area contributed by atoms with Gasteiger partial charge in [0, 0.05) is 31.5 Å². The van der Waals surface area contributed by atoms with E-state index in [1.165, 1.54) is 5.56 Å². The average molecular weight is 167 g/mol. The quantitative estimate of drug-likeness (QED) is 0.677. The zero-order chi connectivity index (χ0) is 8.39. The molecule has 0 spiro atoms. The van der Waals surface area contributed by atoms with E-state index in [-0.39, 0.29) is 6.61 Å². The first-order chi connectivity index (χ1) is 5.92. The van der Waals surface area contributed by atoms with Crippen LogP contribution in [0.5, 0.6) is 0 Å². The van der Waals surface area contributed by atoms with Crippen LogP contribution in [0, 0.1) is 5.92 Å². The maximum atomic E-state index is 9.06. The van der Waals surface area contributed by atoms with Gasteiger partial charge in [-0.25, -0.2) is 0 Å². The molecule has 2 heterocycles. The Hall–Kier alpha value is -0.800. The van der Waals surface area contributed by atoms with Gasteiger partial charge in [-0.1, -0.05) is 0 Å². The van der Waals surface area contributed by atoms with Crippen molar-refractivity contribution in [3.05, 3.63) is 24.2 Å². The highest BCUT2D eigenvalue weighted by atomic mass is 16.3. The molecule has 1 aliphatic heterocycles. The van der Waals surface area contributed by atoms with Crippen molar-refractivity contribution < 1.29 is 9.52 Å².